The first-order valence-electron chi connectivity index (χ1n) is 8.17. The summed E-state index contributed by atoms with van der Waals surface area (Å²) in [6, 6.07) is 15.7. The van der Waals surface area contributed by atoms with Crippen LogP contribution >= 0.6 is 11.8 Å². The highest BCUT2D eigenvalue weighted by atomic mass is 32.2. The Bertz CT molecular complexity index is 752. The Hall–Kier alpha value is -2.67. The van der Waals surface area contributed by atoms with E-state index in [1.807, 2.05) is 18.2 Å². The van der Waals surface area contributed by atoms with Gasteiger partial charge in [-0.15, -0.1) is 11.8 Å². The summed E-state index contributed by atoms with van der Waals surface area (Å²) in [6.07, 6.45) is 0. The highest BCUT2D eigenvalue weighted by Gasteiger charge is 2.34. The van der Waals surface area contributed by atoms with Gasteiger partial charge in [-0.3, -0.25) is 9.59 Å². The molecule has 2 amide bonds. The first-order chi connectivity index (χ1) is 12.7. The minimum atomic E-state index is -0.506. The van der Waals surface area contributed by atoms with Gasteiger partial charge in [0.15, 0.2) is 6.61 Å². The zero-order chi connectivity index (χ0) is 18.4. The van der Waals surface area contributed by atoms with Gasteiger partial charge in [-0.2, -0.15) is 0 Å². The van der Waals surface area contributed by atoms with Gasteiger partial charge in [0.1, 0.15) is 17.5 Å². The summed E-state index contributed by atoms with van der Waals surface area (Å²) in [6.45, 7) is -0.0864. The second-order valence-electron chi connectivity index (χ2n) is 5.70. The van der Waals surface area contributed by atoms with E-state index in [0.717, 1.165) is 0 Å². The van der Waals surface area contributed by atoms with E-state index >= 15 is 0 Å². The van der Waals surface area contributed by atoms with Crippen LogP contribution in [0.5, 0.6) is 11.5 Å². The first-order valence-corrected chi connectivity index (χ1v) is 9.33. The van der Waals surface area contributed by atoms with E-state index in [1.54, 1.807) is 60.2 Å². The summed E-state index contributed by atoms with van der Waals surface area (Å²) < 4.78 is 10.6. The van der Waals surface area contributed by atoms with Crippen LogP contribution in [0.25, 0.3) is 0 Å². The number of hydrogen-bond donors (Lipinski definition) is 1. The topological polar surface area (TPSA) is 67.9 Å². The predicted molar refractivity (Wildman–Crippen MR) is 102 cm³/mol. The fraction of sp³-hybridized carbons (Fsp3) is 0.263. The number of rotatable bonds is 6. The van der Waals surface area contributed by atoms with Crippen LogP contribution in [-0.4, -0.2) is 48.1 Å². The number of methoxy groups -OCH3 is 1. The molecule has 26 heavy (non-hydrogen) atoms. The first kappa shape index (κ1) is 18.1. The number of hydrogen-bond acceptors (Lipinski definition) is 5. The van der Waals surface area contributed by atoms with Crippen molar-refractivity contribution < 1.29 is 19.1 Å². The molecular weight excluding hydrogens is 352 g/mol. The normalized spacial score (nSPS) is 16.2. The van der Waals surface area contributed by atoms with Crippen molar-refractivity contribution in [1.29, 1.82) is 0 Å². The molecule has 1 aliphatic rings. The van der Waals surface area contributed by atoms with Crippen LogP contribution in [-0.2, 0) is 9.59 Å². The summed E-state index contributed by atoms with van der Waals surface area (Å²) in [4.78, 5) is 26.6. The van der Waals surface area contributed by atoms with Gasteiger partial charge in [0.05, 0.1) is 13.0 Å². The van der Waals surface area contributed by atoms with Crippen LogP contribution < -0.4 is 14.8 Å². The summed E-state index contributed by atoms with van der Waals surface area (Å²) in [5.74, 6) is 2.00. The third-order valence-corrected chi connectivity index (χ3v) is 4.98. The lowest BCUT2D eigenvalue weighted by Gasteiger charge is -2.23. The minimum absolute atomic E-state index is 0.0864. The quantitative estimate of drug-likeness (QED) is 0.844. The van der Waals surface area contributed by atoms with E-state index in [9.17, 15) is 9.59 Å². The number of thioether (sulfide) groups is 1. The van der Waals surface area contributed by atoms with Gasteiger partial charge >= 0.3 is 0 Å². The fourth-order valence-electron chi connectivity index (χ4n) is 2.55. The minimum Gasteiger partial charge on any atom is -0.497 e. The van der Waals surface area contributed by atoms with Crippen molar-refractivity contribution in [2.45, 2.75) is 6.04 Å². The molecule has 0 unspecified atom stereocenters. The molecule has 136 valence electrons. The van der Waals surface area contributed by atoms with Crippen LogP contribution in [0.15, 0.2) is 54.6 Å². The van der Waals surface area contributed by atoms with Crippen molar-refractivity contribution in [2.75, 3.05) is 30.7 Å². The van der Waals surface area contributed by atoms with Gasteiger partial charge in [0, 0.05) is 11.4 Å². The summed E-state index contributed by atoms with van der Waals surface area (Å²) in [7, 11) is 1.59. The van der Waals surface area contributed by atoms with Crippen molar-refractivity contribution in [2.24, 2.45) is 0 Å². The maximum atomic E-state index is 12.6. The number of benzene rings is 2. The molecular formula is C19H20N2O4S. The van der Waals surface area contributed by atoms with Gasteiger partial charge in [-0.05, 0) is 36.4 Å². The van der Waals surface area contributed by atoms with Crippen LogP contribution in [0.4, 0.5) is 5.69 Å². The maximum Gasteiger partial charge on any atom is 0.261 e. The number of ether oxygens (including phenoxy) is 2. The van der Waals surface area contributed by atoms with Gasteiger partial charge in [0.25, 0.3) is 5.91 Å². The average Bonchev–Trinajstić information content (AvgIpc) is 3.17. The van der Waals surface area contributed by atoms with Crippen LogP contribution in [0, 0.1) is 0 Å². The molecule has 3 rings (SSSR count). The van der Waals surface area contributed by atoms with E-state index in [2.05, 4.69) is 5.32 Å². The fourth-order valence-corrected chi connectivity index (χ4v) is 3.73. The number of carbonyl (C=O) groups is 2. The van der Waals surface area contributed by atoms with Crippen LogP contribution in [0.2, 0.25) is 0 Å². The highest BCUT2D eigenvalue weighted by molar-refractivity contribution is 7.99. The Labute approximate surface area is 156 Å². The molecule has 0 aromatic heterocycles. The molecule has 0 bridgehead atoms. The predicted octanol–water partition coefficient (Wildman–Crippen LogP) is 2.61. The summed E-state index contributed by atoms with van der Waals surface area (Å²) in [5, 5.41) is 2.85. The third kappa shape index (κ3) is 4.49. The number of carbonyl (C=O) groups excluding carboxylic acids is 2. The molecule has 0 saturated carbocycles. The second kappa shape index (κ2) is 8.62. The van der Waals surface area contributed by atoms with E-state index in [1.165, 1.54) is 0 Å². The maximum absolute atomic E-state index is 12.6. The standard InChI is InChI=1S/C19H20N2O4S/c1-24-15-9-7-14(8-10-15)20-19(23)17-12-26-13-21(17)18(22)11-25-16-5-3-2-4-6-16/h2-10,17H,11-13H2,1H3,(H,20,23)/t17-/m1/s1. The number of anilines is 1. The van der Waals surface area contributed by atoms with E-state index in [4.69, 9.17) is 9.47 Å². The molecule has 1 fully saturated rings. The van der Waals surface area contributed by atoms with E-state index in [-0.39, 0.29) is 18.4 Å². The molecule has 1 atom stereocenters. The smallest absolute Gasteiger partial charge is 0.261 e. The third-order valence-electron chi connectivity index (χ3n) is 3.97. The molecule has 1 heterocycles. The average molecular weight is 372 g/mol. The Morgan fingerprint density at radius 2 is 1.85 bits per heavy atom. The molecule has 1 saturated heterocycles. The number of amides is 2. The lowest BCUT2D eigenvalue weighted by Crippen LogP contribution is -2.46. The Balaban J connectivity index is 1.57. The van der Waals surface area contributed by atoms with Crippen molar-refractivity contribution >= 4 is 29.3 Å². The highest BCUT2D eigenvalue weighted by Crippen LogP contribution is 2.23. The van der Waals surface area contributed by atoms with Crippen molar-refractivity contribution in [3.63, 3.8) is 0 Å². The largest absolute Gasteiger partial charge is 0.497 e. The number of nitrogens with one attached hydrogen (secondary N) is 1. The van der Waals surface area contributed by atoms with Gasteiger partial charge in [0.2, 0.25) is 5.91 Å². The van der Waals surface area contributed by atoms with Gasteiger partial charge in [-0.25, -0.2) is 0 Å². The molecule has 2 aromatic carbocycles. The van der Waals surface area contributed by atoms with Crippen LogP contribution in [0.3, 0.4) is 0 Å². The van der Waals surface area contributed by atoms with Gasteiger partial charge in [-0.1, -0.05) is 18.2 Å². The molecule has 7 heteroatoms. The lowest BCUT2D eigenvalue weighted by atomic mass is 10.2. The van der Waals surface area contributed by atoms with E-state index < -0.39 is 6.04 Å². The Kier molecular flexibility index (Phi) is 6.01. The monoisotopic (exact) mass is 372 g/mol. The van der Waals surface area contributed by atoms with E-state index in [0.29, 0.717) is 28.8 Å². The summed E-state index contributed by atoms with van der Waals surface area (Å²) >= 11 is 1.55. The van der Waals surface area contributed by atoms with Crippen molar-refractivity contribution in [1.82, 2.24) is 4.90 Å². The molecule has 1 N–H and O–H groups in total. The Morgan fingerprint density at radius 3 is 2.54 bits per heavy atom. The van der Waals surface area contributed by atoms with Gasteiger partial charge < -0.3 is 19.7 Å². The number of nitrogens with zero attached hydrogens (tertiary/aromatic N) is 1. The van der Waals surface area contributed by atoms with Crippen LogP contribution in [0.1, 0.15) is 0 Å². The molecule has 6 nitrogen and oxygen atoms in total. The second-order valence-corrected chi connectivity index (χ2v) is 6.70. The summed E-state index contributed by atoms with van der Waals surface area (Å²) in [5.41, 5.74) is 0.667. The SMILES string of the molecule is COc1ccc(NC(=O)[C@H]2CSCN2C(=O)COc2ccccc2)cc1. The van der Waals surface area contributed by atoms with Crippen molar-refractivity contribution in [3.05, 3.63) is 54.6 Å². The zero-order valence-electron chi connectivity index (χ0n) is 14.4. The molecule has 0 radical (unpaired) electrons. The molecule has 1 aliphatic heterocycles. The number of para-hydroxylation sites is 1. The zero-order valence-corrected chi connectivity index (χ0v) is 15.2. The van der Waals surface area contributed by atoms with Crippen molar-refractivity contribution in [3.8, 4) is 11.5 Å². The lowest BCUT2D eigenvalue weighted by molar-refractivity contribution is -0.137. The molecule has 2 aromatic rings. The molecule has 0 spiro atoms. The molecule has 0 aliphatic carbocycles. The Morgan fingerprint density at radius 1 is 1.12 bits per heavy atom.